The molecular weight excluding hydrogens is 418 g/mol. The van der Waals surface area contributed by atoms with Crippen LogP contribution in [0.5, 0.6) is 0 Å². The Hall–Kier alpha value is -3.83. The van der Waals surface area contributed by atoms with E-state index in [1.54, 1.807) is 12.1 Å². The van der Waals surface area contributed by atoms with Gasteiger partial charge in [0.2, 0.25) is 21.9 Å². The van der Waals surface area contributed by atoms with Crippen LogP contribution in [-0.4, -0.2) is 41.3 Å². The van der Waals surface area contributed by atoms with Gasteiger partial charge < -0.3 is 15.6 Å². The van der Waals surface area contributed by atoms with Crippen LogP contribution in [0.1, 0.15) is 6.92 Å². The molecule has 31 heavy (non-hydrogen) atoms. The number of rotatable bonds is 6. The molecular formula is C20H19N7O3S. The third kappa shape index (κ3) is 4.37. The van der Waals surface area contributed by atoms with Crippen molar-refractivity contribution in [2.75, 3.05) is 17.7 Å². The molecule has 0 radical (unpaired) electrons. The number of sulfonamides is 1. The molecule has 0 spiro atoms. The quantitative estimate of drug-likeness (QED) is 0.363. The zero-order valence-electron chi connectivity index (χ0n) is 16.7. The predicted octanol–water partition coefficient (Wildman–Crippen LogP) is 2.63. The van der Waals surface area contributed by atoms with E-state index in [0.29, 0.717) is 22.7 Å². The number of H-pyrrole nitrogens is 1. The summed E-state index contributed by atoms with van der Waals surface area (Å²) in [5, 5.41) is 5.65. The number of aromatic amines is 1. The van der Waals surface area contributed by atoms with Crippen LogP contribution >= 0.6 is 0 Å². The van der Waals surface area contributed by atoms with Crippen LogP contribution in [-0.2, 0) is 14.8 Å². The van der Waals surface area contributed by atoms with Crippen LogP contribution in [0, 0.1) is 0 Å². The molecule has 158 valence electrons. The van der Waals surface area contributed by atoms with E-state index in [-0.39, 0.29) is 22.6 Å². The van der Waals surface area contributed by atoms with E-state index in [2.05, 4.69) is 35.3 Å². The average molecular weight is 437 g/mol. The Bertz CT molecular complexity index is 1370. The van der Waals surface area contributed by atoms with E-state index in [4.69, 9.17) is 0 Å². The topological polar surface area (TPSA) is 142 Å². The number of carbonyl (C=O) groups excluding carboxylic acids is 1. The number of benzene rings is 2. The van der Waals surface area contributed by atoms with Gasteiger partial charge in [0.05, 0.1) is 4.90 Å². The number of nitrogens with one attached hydrogen (secondary N) is 4. The first kappa shape index (κ1) is 20.4. The lowest BCUT2D eigenvalue weighted by Crippen LogP contribution is -2.18. The van der Waals surface area contributed by atoms with Crippen molar-refractivity contribution in [2.24, 2.45) is 0 Å². The maximum Gasteiger partial charge on any atom is 0.240 e. The van der Waals surface area contributed by atoms with E-state index in [1.165, 1.54) is 26.1 Å². The van der Waals surface area contributed by atoms with E-state index in [1.807, 2.05) is 30.3 Å². The van der Waals surface area contributed by atoms with Crippen LogP contribution in [0.3, 0.4) is 0 Å². The fourth-order valence-electron chi connectivity index (χ4n) is 2.93. The van der Waals surface area contributed by atoms with Crippen molar-refractivity contribution >= 4 is 44.5 Å². The first-order chi connectivity index (χ1) is 14.9. The van der Waals surface area contributed by atoms with Gasteiger partial charge in [-0.3, -0.25) is 4.79 Å². The number of imidazole rings is 1. The number of hydrogen-bond donors (Lipinski definition) is 4. The molecule has 2 aromatic heterocycles. The molecule has 0 aliphatic heterocycles. The second kappa shape index (κ2) is 8.13. The summed E-state index contributed by atoms with van der Waals surface area (Å²) in [5.41, 5.74) is 2.14. The minimum Gasteiger partial charge on any atom is -0.324 e. The Morgan fingerprint density at radius 3 is 2.48 bits per heavy atom. The highest BCUT2D eigenvalue weighted by atomic mass is 32.2. The number of anilines is 3. The average Bonchev–Trinajstić information content (AvgIpc) is 3.19. The van der Waals surface area contributed by atoms with Crippen molar-refractivity contribution in [1.29, 1.82) is 0 Å². The molecule has 2 aromatic carbocycles. The van der Waals surface area contributed by atoms with Gasteiger partial charge in [-0.1, -0.05) is 36.4 Å². The van der Waals surface area contributed by atoms with E-state index < -0.39 is 10.0 Å². The summed E-state index contributed by atoms with van der Waals surface area (Å²) in [7, 11) is -2.26. The molecule has 0 aliphatic carbocycles. The lowest BCUT2D eigenvalue weighted by atomic mass is 10.2. The SMILES string of the molecule is CNS(=O)(=O)c1cccc(Nc2nc(NC(C)=O)c3nc(-c4ccccc4)[nH]c3n2)c1. The Morgan fingerprint density at radius 1 is 1.00 bits per heavy atom. The van der Waals surface area contributed by atoms with Crippen molar-refractivity contribution in [3.63, 3.8) is 0 Å². The lowest BCUT2D eigenvalue weighted by Gasteiger charge is -2.09. The van der Waals surface area contributed by atoms with Gasteiger partial charge in [-0.15, -0.1) is 0 Å². The second-order valence-electron chi connectivity index (χ2n) is 6.59. The molecule has 0 saturated carbocycles. The fraction of sp³-hybridized carbons (Fsp3) is 0.100. The van der Waals surface area contributed by atoms with Crippen molar-refractivity contribution in [1.82, 2.24) is 24.7 Å². The summed E-state index contributed by atoms with van der Waals surface area (Å²) >= 11 is 0. The van der Waals surface area contributed by atoms with Crippen LogP contribution in [0.25, 0.3) is 22.6 Å². The molecule has 11 heteroatoms. The van der Waals surface area contributed by atoms with Crippen LogP contribution in [0.4, 0.5) is 17.5 Å². The molecule has 1 amide bonds. The highest BCUT2D eigenvalue weighted by Gasteiger charge is 2.16. The monoisotopic (exact) mass is 437 g/mol. The number of hydrogen-bond acceptors (Lipinski definition) is 7. The van der Waals surface area contributed by atoms with Gasteiger partial charge in [-0.05, 0) is 25.2 Å². The van der Waals surface area contributed by atoms with Gasteiger partial charge in [0, 0.05) is 18.2 Å². The molecule has 4 N–H and O–H groups in total. The standard InChI is InChI=1S/C20H19N7O3S/c1-12(28)22-18-16-19(25-17(24-16)13-7-4-3-5-8-13)27-20(26-18)23-14-9-6-10-15(11-14)31(29,30)21-2/h3-11,21H,1-2H3,(H3,22,23,24,25,26,27,28). The van der Waals surface area contributed by atoms with Gasteiger partial charge in [0.25, 0.3) is 0 Å². The van der Waals surface area contributed by atoms with E-state index in [9.17, 15) is 13.2 Å². The molecule has 2 heterocycles. The molecule has 0 aliphatic rings. The summed E-state index contributed by atoms with van der Waals surface area (Å²) < 4.78 is 26.4. The number of aromatic nitrogens is 4. The van der Waals surface area contributed by atoms with Gasteiger partial charge in [-0.25, -0.2) is 18.1 Å². The Balaban J connectivity index is 1.76. The zero-order valence-corrected chi connectivity index (χ0v) is 17.5. The van der Waals surface area contributed by atoms with Crippen molar-refractivity contribution < 1.29 is 13.2 Å². The molecule has 10 nitrogen and oxygen atoms in total. The predicted molar refractivity (Wildman–Crippen MR) is 117 cm³/mol. The number of amides is 1. The molecule has 0 atom stereocenters. The Labute approximate surface area is 178 Å². The number of nitrogens with zero attached hydrogens (tertiary/aromatic N) is 3. The number of fused-ring (bicyclic) bond motifs is 1. The largest absolute Gasteiger partial charge is 0.324 e. The normalized spacial score (nSPS) is 11.4. The third-order valence-electron chi connectivity index (χ3n) is 4.36. The van der Waals surface area contributed by atoms with Crippen molar-refractivity contribution in [3.05, 3.63) is 54.6 Å². The third-order valence-corrected chi connectivity index (χ3v) is 5.77. The smallest absolute Gasteiger partial charge is 0.240 e. The summed E-state index contributed by atoms with van der Waals surface area (Å²) in [6.45, 7) is 1.37. The minimum atomic E-state index is -3.60. The van der Waals surface area contributed by atoms with Crippen molar-refractivity contribution in [2.45, 2.75) is 11.8 Å². The molecule has 4 aromatic rings. The fourth-order valence-corrected chi connectivity index (χ4v) is 3.71. The maximum atomic E-state index is 12.1. The van der Waals surface area contributed by atoms with Crippen LogP contribution < -0.4 is 15.4 Å². The highest BCUT2D eigenvalue weighted by Crippen LogP contribution is 2.26. The Morgan fingerprint density at radius 2 is 1.77 bits per heavy atom. The molecule has 0 unspecified atom stereocenters. The Kier molecular flexibility index (Phi) is 5.36. The summed E-state index contributed by atoms with van der Waals surface area (Å²) in [5.74, 6) is 0.670. The summed E-state index contributed by atoms with van der Waals surface area (Å²) in [6.07, 6.45) is 0. The first-order valence-electron chi connectivity index (χ1n) is 9.27. The van der Waals surface area contributed by atoms with Gasteiger partial charge >= 0.3 is 0 Å². The molecule has 0 bridgehead atoms. The van der Waals surface area contributed by atoms with Gasteiger partial charge in [0.1, 0.15) is 5.82 Å². The lowest BCUT2D eigenvalue weighted by molar-refractivity contribution is -0.114. The summed E-state index contributed by atoms with van der Waals surface area (Å²) in [4.78, 5) is 28.2. The minimum absolute atomic E-state index is 0.0936. The summed E-state index contributed by atoms with van der Waals surface area (Å²) in [6, 6.07) is 15.7. The maximum absolute atomic E-state index is 12.1. The molecule has 0 fully saturated rings. The first-order valence-corrected chi connectivity index (χ1v) is 10.8. The van der Waals surface area contributed by atoms with Crippen LogP contribution in [0.15, 0.2) is 59.5 Å². The molecule has 4 rings (SSSR count). The number of carbonyl (C=O) groups is 1. The van der Waals surface area contributed by atoms with E-state index >= 15 is 0 Å². The van der Waals surface area contributed by atoms with Gasteiger partial charge in [-0.2, -0.15) is 9.97 Å². The van der Waals surface area contributed by atoms with Crippen molar-refractivity contribution in [3.8, 4) is 11.4 Å². The van der Waals surface area contributed by atoms with E-state index in [0.717, 1.165) is 5.56 Å². The highest BCUT2D eigenvalue weighted by molar-refractivity contribution is 7.89. The van der Waals surface area contributed by atoms with Gasteiger partial charge in [0.15, 0.2) is 17.0 Å². The second-order valence-corrected chi connectivity index (χ2v) is 8.47. The van der Waals surface area contributed by atoms with Crippen LogP contribution in [0.2, 0.25) is 0 Å². The zero-order chi connectivity index (χ0) is 22.0. The molecule has 0 saturated heterocycles.